The molecule has 0 bridgehead atoms. The van der Waals surface area contributed by atoms with Crippen molar-refractivity contribution in [1.29, 1.82) is 0 Å². The summed E-state index contributed by atoms with van der Waals surface area (Å²) in [7, 11) is 0. The van der Waals surface area contributed by atoms with Gasteiger partial charge < -0.3 is 14.6 Å². The summed E-state index contributed by atoms with van der Waals surface area (Å²) in [5.41, 5.74) is 1.74. The van der Waals surface area contributed by atoms with Gasteiger partial charge in [-0.3, -0.25) is 0 Å². The lowest BCUT2D eigenvalue weighted by atomic mass is 10.1. The molecule has 0 spiro atoms. The van der Waals surface area contributed by atoms with Crippen molar-refractivity contribution in [1.82, 2.24) is 4.58 Å². The standard InChI is InChI=1S/C19H19NO3/c1-3-20(4-2)15-8-5-13-7-10-18(23-19(13)12-15)14-6-9-16(21)17(22)11-14/h5-12,22H,3-4H2,1-2H3/p+1. The van der Waals surface area contributed by atoms with Gasteiger partial charge in [0.25, 0.3) is 0 Å². The molecule has 1 aromatic rings. The molecule has 118 valence electrons. The first-order valence-corrected chi connectivity index (χ1v) is 7.76. The van der Waals surface area contributed by atoms with Crippen LogP contribution in [0, 0.1) is 0 Å². The first-order valence-electron chi connectivity index (χ1n) is 7.76. The second-order valence-electron chi connectivity index (χ2n) is 5.40. The maximum atomic E-state index is 9.66. The topological polar surface area (TPSA) is 56.6 Å². The number of hydrogen-bond donors (Lipinski definition) is 2. The van der Waals surface area contributed by atoms with Gasteiger partial charge in [0.15, 0.2) is 11.5 Å². The molecule has 0 saturated heterocycles. The lowest BCUT2D eigenvalue weighted by Crippen LogP contribution is -2.29. The van der Waals surface area contributed by atoms with Crippen molar-refractivity contribution in [3.8, 4) is 34.1 Å². The maximum absolute atomic E-state index is 9.66. The Balaban J connectivity index is 2.16. The number of phenolic OH excluding ortho intramolecular Hbond substituents is 2. The van der Waals surface area contributed by atoms with E-state index in [1.165, 1.54) is 12.1 Å². The molecule has 0 radical (unpaired) electrons. The fraction of sp³-hybridized carbons (Fsp3) is 0.211. The Bertz CT molecular complexity index is 874. The Kier molecular flexibility index (Phi) is 4.06. The average Bonchev–Trinajstić information content (AvgIpc) is 2.58. The highest BCUT2D eigenvalue weighted by Crippen LogP contribution is 2.33. The van der Waals surface area contributed by atoms with Crippen LogP contribution in [0.15, 0.2) is 52.9 Å². The fourth-order valence-electron chi connectivity index (χ4n) is 2.68. The second kappa shape index (κ2) is 6.16. The Hall–Kier alpha value is -2.75. The molecule has 0 aromatic heterocycles. The summed E-state index contributed by atoms with van der Waals surface area (Å²) in [5, 5.41) is 20.2. The number of rotatable bonds is 3. The number of phenols is 2. The summed E-state index contributed by atoms with van der Waals surface area (Å²) in [4.78, 5) is 0. The van der Waals surface area contributed by atoms with Crippen molar-refractivity contribution in [3.05, 3.63) is 53.9 Å². The summed E-state index contributed by atoms with van der Waals surface area (Å²) in [6.45, 7) is 6.13. The molecule has 1 heterocycles. The smallest absolute Gasteiger partial charge is 0.203 e. The van der Waals surface area contributed by atoms with E-state index in [0.717, 1.165) is 35.3 Å². The lowest BCUT2D eigenvalue weighted by Gasteiger charge is -2.08. The number of nitrogens with zero attached hydrogens (tertiary/aromatic N) is 1. The van der Waals surface area contributed by atoms with E-state index in [0.29, 0.717) is 5.76 Å². The molecule has 0 saturated carbocycles. The van der Waals surface area contributed by atoms with Crippen molar-refractivity contribution in [3.63, 3.8) is 0 Å². The minimum atomic E-state index is -0.158. The van der Waals surface area contributed by atoms with E-state index in [9.17, 15) is 10.2 Å². The highest BCUT2D eigenvalue weighted by molar-refractivity contribution is 5.67. The van der Waals surface area contributed by atoms with Crippen molar-refractivity contribution in [2.45, 2.75) is 13.8 Å². The minimum Gasteiger partial charge on any atom is -0.504 e. The molecule has 1 aromatic carbocycles. The van der Waals surface area contributed by atoms with Gasteiger partial charge >= 0.3 is 0 Å². The molecule has 1 aliphatic heterocycles. The molecule has 0 atom stereocenters. The van der Waals surface area contributed by atoms with Gasteiger partial charge in [0.05, 0.1) is 6.07 Å². The predicted molar refractivity (Wildman–Crippen MR) is 90.4 cm³/mol. The molecular weight excluding hydrogens is 290 g/mol. The highest BCUT2D eigenvalue weighted by atomic mass is 16.3. The van der Waals surface area contributed by atoms with Crippen LogP contribution in [0.2, 0.25) is 0 Å². The number of hydrogen-bond acceptors (Lipinski definition) is 3. The summed E-state index contributed by atoms with van der Waals surface area (Å²) in [6, 6.07) is 14.7. The van der Waals surface area contributed by atoms with Crippen LogP contribution in [-0.2, 0) is 0 Å². The van der Waals surface area contributed by atoms with Crippen molar-refractivity contribution in [2.75, 3.05) is 13.1 Å². The molecule has 1 aliphatic carbocycles. The molecule has 2 N–H and O–H groups in total. The number of aromatic hydroxyl groups is 2. The molecule has 4 heteroatoms. The molecule has 0 unspecified atom stereocenters. The van der Waals surface area contributed by atoms with E-state index in [-0.39, 0.29) is 11.5 Å². The van der Waals surface area contributed by atoms with Gasteiger partial charge in [0.2, 0.25) is 5.36 Å². The third kappa shape index (κ3) is 2.93. The second-order valence-corrected chi connectivity index (χ2v) is 5.40. The Morgan fingerprint density at radius 1 is 0.783 bits per heavy atom. The third-order valence-electron chi connectivity index (χ3n) is 4.02. The van der Waals surface area contributed by atoms with Gasteiger partial charge in [-0.1, -0.05) is 0 Å². The molecule has 0 amide bonds. The summed E-state index contributed by atoms with van der Waals surface area (Å²) in [6.07, 6.45) is 0. The van der Waals surface area contributed by atoms with Crippen LogP contribution in [0.4, 0.5) is 0 Å². The number of benzene rings is 2. The molecule has 4 nitrogen and oxygen atoms in total. The van der Waals surface area contributed by atoms with Gasteiger partial charge in [-0.25, -0.2) is 4.58 Å². The van der Waals surface area contributed by atoms with Crippen LogP contribution < -0.4 is 9.93 Å². The largest absolute Gasteiger partial charge is 0.504 e. The van der Waals surface area contributed by atoms with Crippen molar-refractivity contribution in [2.24, 2.45) is 0 Å². The Labute approximate surface area is 134 Å². The van der Waals surface area contributed by atoms with Crippen molar-refractivity contribution < 1.29 is 14.6 Å². The molecular formula is C19H20NO3+. The number of fused-ring (bicyclic) bond motifs is 1. The van der Waals surface area contributed by atoms with Crippen LogP contribution in [0.1, 0.15) is 13.8 Å². The van der Waals surface area contributed by atoms with Gasteiger partial charge in [0.1, 0.15) is 24.6 Å². The van der Waals surface area contributed by atoms with Crippen LogP contribution in [0.25, 0.3) is 22.6 Å². The van der Waals surface area contributed by atoms with Crippen LogP contribution in [0.3, 0.4) is 0 Å². The molecule has 0 fully saturated rings. The zero-order valence-electron chi connectivity index (χ0n) is 13.3. The van der Waals surface area contributed by atoms with Crippen LogP contribution in [0.5, 0.6) is 11.5 Å². The van der Waals surface area contributed by atoms with E-state index in [1.54, 1.807) is 6.07 Å². The first-order chi connectivity index (χ1) is 11.1. The quantitative estimate of drug-likeness (QED) is 0.576. The van der Waals surface area contributed by atoms with Gasteiger partial charge in [-0.05, 0) is 50.2 Å². The summed E-state index contributed by atoms with van der Waals surface area (Å²) < 4.78 is 8.26. The van der Waals surface area contributed by atoms with Gasteiger partial charge in [0, 0.05) is 17.2 Å². The highest BCUT2D eigenvalue weighted by Gasteiger charge is 2.11. The predicted octanol–water partition coefficient (Wildman–Crippen LogP) is 3.27. The van der Waals surface area contributed by atoms with Crippen LogP contribution in [-0.4, -0.2) is 23.3 Å². The summed E-state index contributed by atoms with van der Waals surface area (Å²) >= 11 is 0. The fourth-order valence-corrected chi connectivity index (χ4v) is 2.68. The zero-order chi connectivity index (χ0) is 16.4. The molecule has 2 aliphatic rings. The summed E-state index contributed by atoms with van der Waals surface area (Å²) in [5.74, 6) is 1.14. The van der Waals surface area contributed by atoms with E-state index < -0.39 is 0 Å². The van der Waals surface area contributed by atoms with Crippen LogP contribution >= 0.6 is 0 Å². The first kappa shape index (κ1) is 15.2. The van der Waals surface area contributed by atoms with Gasteiger partial charge in [-0.15, -0.1) is 0 Å². The van der Waals surface area contributed by atoms with E-state index >= 15 is 0 Å². The van der Waals surface area contributed by atoms with Gasteiger partial charge in [-0.2, -0.15) is 0 Å². The minimum absolute atomic E-state index is 0.140. The lowest BCUT2D eigenvalue weighted by molar-refractivity contribution is 0.404. The Morgan fingerprint density at radius 2 is 1.48 bits per heavy atom. The average molecular weight is 310 g/mol. The molecule has 23 heavy (non-hydrogen) atoms. The Morgan fingerprint density at radius 3 is 2.17 bits per heavy atom. The van der Waals surface area contributed by atoms with E-state index in [1.807, 2.05) is 24.3 Å². The van der Waals surface area contributed by atoms with E-state index in [2.05, 4.69) is 24.5 Å². The third-order valence-corrected chi connectivity index (χ3v) is 4.02. The zero-order valence-corrected chi connectivity index (χ0v) is 13.3. The van der Waals surface area contributed by atoms with E-state index in [4.69, 9.17) is 4.42 Å². The monoisotopic (exact) mass is 310 g/mol. The van der Waals surface area contributed by atoms with Crippen molar-refractivity contribution >= 4 is 0 Å². The maximum Gasteiger partial charge on any atom is 0.203 e. The molecule has 3 rings (SSSR count). The normalized spacial score (nSPS) is 10.9. The SMILES string of the molecule is CC[N+](CC)=c1ccc2ccc(-c3ccc(O)c(O)c3)oc-2c1.